The van der Waals surface area contributed by atoms with E-state index in [1.807, 2.05) is 53.3 Å². The molecule has 2 aliphatic rings. The Kier molecular flexibility index (Phi) is 18.3. The van der Waals surface area contributed by atoms with E-state index in [0.29, 0.717) is 43.9 Å². The molecule has 0 saturated heterocycles. The minimum atomic E-state index is -0.625. The predicted molar refractivity (Wildman–Crippen MR) is 167 cm³/mol. The van der Waals surface area contributed by atoms with Crippen LogP contribution in [0.4, 0.5) is 0 Å². The van der Waals surface area contributed by atoms with Crippen LogP contribution in [0, 0.1) is 28.1 Å². The second-order valence-electron chi connectivity index (χ2n) is 15.2. The fourth-order valence-electron chi connectivity index (χ4n) is 3.79. The van der Waals surface area contributed by atoms with Crippen LogP contribution >= 0.6 is 11.8 Å². The van der Waals surface area contributed by atoms with Crippen molar-refractivity contribution in [2.45, 2.75) is 140 Å². The Bertz CT molecular complexity index is 765. The first-order valence-electron chi connectivity index (χ1n) is 14.5. The first-order chi connectivity index (χ1) is 17.9. The molecule has 232 valence electrons. The third-order valence-corrected chi connectivity index (χ3v) is 6.52. The molecule has 2 rings (SSSR count). The van der Waals surface area contributed by atoms with Crippen LogP contribution in [-0.2, 0) is 28.8 Å². The highest BCUT2D eigenvalue weighted by molar-refractivity contribution is 7.99. The van der Waals surface area contributed by atoms with E-state index in [-0.39, 0.29) is 58.4 Å². The molecule has 0 aromatic heterocycles. The number of hydrogen-bond donors (Lipinski definition) is 0. The van der Waals surface area contributed by atoms with E-state index in [1.165, 1.54) is 0 Å². The van der Waals surface area contributed by atoms with Crippen molar-refractivity contribution in [3.8, 4) is 0 Å². The number of Topliss-reactive ketones (excluding diaryl/α,β-unsaturated/α-hetero) is 6. The number of carbonyl (C=O) groups is 6. The molecule has 0 aromatic carbocycles. The number of ketones is 6. The van der Waals surface area contributed by atoms with Gasteiger partial charge in [-0.2, -0.15) is 11.8 Å². The molecular weight excluding hydrogens is 524 g/mol. The van der Waals surface area contributed by atoms with Crippen molar-refractivity contribution < 1.29 is 28.8 Å². The first kappa shape index (κ1) is 40.5. The van der Waals surface area contributed by atoms with Crippen LogP contribution < -0.4 is 0 Å². The summed E-state index contributed by atoms with van der Waals surface area (Å²) >= 11 is 1.88. The molecule has 0 spiro atoms. The zero-order valence-corrected chi connectivity index (χ0v) is 28.6. The monoisotopic (exact) mass is 582 g/mol. The Balaban J connectivity index is 0. The quantitative estimate of drug-likeness (QED) is 0.284. The largest absolute Gasteiger partial charge is 0.300 e. The summed E-state index contributed by atoms with van der Waals surface area (Å²) in [5.74, 6) is -1.42. The topological polar surface area (TPSA) is 102 Å². The maximum absolute atomic E-state index is 11.6. The molecule has 0 unspecified atom stereocenters. The summed E-state index contributed by atoms with van der Waals surface area (Å²) in [6, 6.07) is 0. The second kappa shape index (κ2) is 18.0. The number of hydrogen-bond acceptors (Lipinski definition) is 7. The summed E-state index contributed by atoms with van der Waals surface area (Å²) in [6.07, 6.45) is 4.53. The molecule has 0 atom stereocenters. The molecule has 2 saturated carbocycles. The molecule has 7 heteroatoms. The van der Waals surface area contributed by atoms with Crippen LogP contribution in [0.5, 0.6) is 0 Å². The smallest absolute Gasteiger partial charge is 0.144 e. The average molecular weight is 583 g/mol. The Morgan fingerprint density at radius 1 is 0.625 bits per heavy atom. The Morgan fingerprint density at radius 2 is 0.825 bits per heavy atom. The van der Waals surface area contributed by atoms with Crippen LogP contribution in [0.1, 0.15) is 134 Å². The van der Waals surface area contributed by atoms with Crippen LogP contribution in [0.2, 0.25) is 0 Å². The van der Waals surface area contributed by atoms with E-state index in [4.69, 9.17) is 0 Å². The number of thioether (sulfide) groups is 1. The zero-order valence-electron chi connectivity index (χ0n) is 27.7. The van der Waals surface area contributed by atoms with Gasteiger partial charge in [-0.25, -0.2) is 0 Å². The lowest BCUT2D eigenvalue weighted by atomic mass is 9.86. The molecule has 0 radical (unpaired) electrons. The van der Waals surface area contributed by atoms with Crippen molar-refractivity contribution in [3.63, 3.8) is 0 Å². The van der Waals surface area contributed by atoms with E-state index in [9.17, 15) is 28.8 Å². The van der Waals surface area contributed by atoms with Gasteiger partial charge in [0.1, 0.15) is 34.7 Å². The Morgan fingerprint density at radius 3 is 0.975 bits per heavy atom. The van der Waals surface area contributed by atoms with Crippen molar-refractivity contribution in [1.29, 1.82) is 0 Å². The van der Waals surface area contributed by atoms with Gasteiger partial charge in [-0.3, -0.25) is 28.8 Å². The standard InChI is InChI=1S/2C12H18O3.C5H12.C4H10S/c2*1-12(2,3)7-8(13)6-9-10(14)4-5-11(9)15;1-5(2,3)4;1-4(2)5-3/h2*9H,4-7H2,1-3H3;1-4H3;4H,1-3H3. The van der Waals surface area contributed by atoms with Crippen LogP contribution in [0.3, 0.4) is 0 Å². The van der Waals surface area contributed by atoms with Crippen molar-refractivity contribution in [2.75, 3.05) is 6.26 Å². The summed E-state index contributed by atoms with van der Waals surface area (Å²) in [6.45, 7) is 25.0. The average Bonchev–Trinajstić information content (AvgIpc) is 3.21. The molecule has 0 bridgehead atoms. The third kappa shape index (κ3) is 23.1. The predicted octanol–water partition coefficient (Wildman–Crippen LogP) is 7.67. The minimum Gasteiger partial charge on any atom is -0.300 e. The SMILES string of the molecule is CC(C)(C)C.CC(C)(C)CC(=O)CC1C(=O)CCC1=O.CC(C)(C)CC(=O)CC1C(=O)CCC1=O.CSC(C)C. The van der Waals surface area contributed by atoms with E-state index in [2.05, 4.69) is 47.8 Å². The van der Waals surface area contributed by atoms with Gasteiger partial charge in [0.15, 0.2) is 0 Å². The van der Waals surface area contributed by atoms with Gasteiger partial charge in [0, 0.05) is 51.4 Å². The zero-order chi connectivity index (χ0) is 32.1. The molecule has 40 heavy (non-hydrogen) atoms. The van der Waals surface area contributed by atoms with Crippen LogP contribution in [0.15, 0.2) is 0 Å². The fraction of sp³-hybridized carbons (Fsp3) is 0.818. The van der Waals surface area contributed by atoms with Crippen molar-refractivity contribution in [3.05, 3.63) is 0 Å². The van der Waals surface area contributed by atoms with Crippen molar-refractivity contribution in [1.82, 2.24) is 0 Å². The van der Waals surface area contributed by atoms with Gasteiger partial charge in [-0.15, -0.1) is 0 Å². The van der Waals surface area contributed by atoms with Gasteiger partial charge in [-0.05, 0) is 27.8 Å². The summed E-state index contributed by atoms with van der Waals surface area (Å²) in [7, 11) is 0. The summed E-state index contributed by atoms with van der Waals surface area (Å²) in [5, 5.41) is 0.801. The van der Waals surface area contributed by atoms with Gasteiger partial charge in [0.05, 0.1) is 11.8 Å². The molecule has 0 heterocycles. The van der Waals surface area contributed by atoms with E-state index in [0.717, 1.165) is 5.25 Å². The molecule has 2 fully saturated rings. The van der Waals surface area contributed by atoms with Crippen LogP contribution in [-0.4, -0.2) is 46.2 Å². The Labute approximate surface area is 249 Å². The highest BCUT2D eigenvalue weighted by Crippen LogP contribution is 2.26. The van der Waals surface area contributed by atoms with Gasteiger partial charge in [0.25, 0.3) is 0 Å². The highest BCUT2D eigenvalue weighted by atomic mass is 32.2. The van der Waals surface area contributed by atoms with E-state index >= 15 is 0 Å². The third-order valence-electron chi connectivity index (χ3n) is 5.58. The van der Waals surface area contributed by atoms with Crippen molar-refractivity contribution >= 4 is 46.5 Å². The van der Waals surface area contributed by atoms with Gasteiger partial charge >= 0.3 is 0 Å². The summed E-state index contributed by atoms with van der Waals surface area (Å²) in [5.41, 5.74) is 0.365. The lowest BCUT2D eigenvalue weighted by molar-refractivity contribution is -0.132. The van der Waals surface area contributed by atoms with Gasteiger partial charge in [-0.1, -0.05) is 83.1 Å². The maximum Gasteiger partial charge on any atom is 0.144 e. The van der Waals surface area contributed by atoms with Gasteiger partial charge < -0.3 is 0 Å². The molecular formula is C33H58O6S. The minimum absolute atomic E-state index is 0.0242. The molecule has 0 aromatic rings. The van der Waals surface area contributed by atoms with E-state index in [1.54, 1.807) is 0 Å². The lowest BCUT2D eigenvalue weighted by Crippen LogP contribution is -2.21. The molecule has 6 nitrogen and oxygen atoms in total. The number of carbonyl (C=O) groups excluding carboxylic acids is 6. The van der Waals surface area contributed by atoms with Crippen LogP contribution in [0.25, 0.3) is 0 Å². The number of rotatable bonds is 7. The fourth-order valence-corrected chi connectivity index (χ4v) is 3.79. The lowest BCUT2D eigenvalue weighted by Gasteiger charge is -2.17. The molecule has 0 amide bonds. The first-order valence-corrected chi connectivity index (χ1v) is 15.8. The summed E-state index contributed by atoms with van der Waals surface area (Å²) in [4.78, 5) is 68.5. The normalized spacial score (nSPS) is 16.6. The maximum atomic E-state index is 11.6. The Hall–Kier alpha value is -1.63. The van der Waals surface area contributed by atoms with Crippen molar-refractivity contribution in [2.24, 2.45) is 28.1 Å². The molecule has 2 aliphatic carbocycles. The highest BCUT2D eigenvalue weighted by Gasteiger charge is 2.35. The molecule has 0 N–H and O–H groups in total. The second-order valence-corrected chi connectivity index (χ2v) is 16.6. The summed E-state index contributed by atoms with van der Waals surface area (Å²) < 4.78 is 0. The van der Waals surface area contributed by atoms with E-state index < -0.39 is 11.8 Å². The molecule has 0 aliphatic heterocycles. The van der Waals surface area contributed by atoms with Gasteiger partial charge in [0.2, 0.25) is 0 Å².